The Morgan fingerprint density at radius 3 is 2.77 bits per heavy atom. The molecule has 0 radical (unpaired) electrons. The van der Waals surface area contributed by atoms with Crippen LogP contribution in [0.1, 0.15) is 63.7 Å². The fraction of sp³-hybridized carbons (Fsp3) is 0.765. The first-order valence-corrected chi connectivity index (χ1v) is 8.33. The Kier molecular flexibility index (Phi) is 5.62. The van der Waals surface area contributed by atoms with Crippen molar-refractivity contribution in [2.45, 2.75) is 65.0 Å². The van der Waals surface area contributed by atoms with Crippen LogP contribution in [0.15, 0.2) is 12.4 Å². The first-order chi connectivity index (χ1) is 10.4. The molecule has 1 heterocycles. The molecule has 1 N–H and O–H groups in total. The molecule has 1 saturated carbocycles. The number of rotatable bonds is 5. The van der Waals surface area contributed by atoms with E-state index >= 15 is 0 Å². The standard InChI is InChI=1S/C17H29N3O2/c1-13-7-5-6-8-15(13)22-10-9-18-16(21)14-11-19-20(12-14)17(2,3)4/h11-13,15H,5-10H2,1-4H3,(H,18,21)/t13-,15+/m1/s1. The zero-order chi connectivity index (χ0) is 16.2. The lowest BCUT2D eigenvalue weighted by Gasteiger charge is -2.28. The Balaban J connectivity index is 1.72. The first-order valence-electron chi connectivity index (χ1n) is 8.33. The lowest BCUT2D eigenvalue weighted by atomic mass is 9.88. The molecule has 1 aliphatic carbocycles. The van der Waals surface area contributed by atoms with Crippen LogP contribution in [-0.4, -0.2) is 34.9 Å². The molecule has 0 aliphatic heterocycles. The maximum absolute atomic E-state index is 12.1. The van der Waals surface area contributed by atoms with Gasteiger partial charge < -0.3 is 10.1 Å². The summed E-state index contributed by atoms with van der Waals surface area (Å²) in [4.78, 5) is 12.1. The molecule has 1 aromatic rings. The van der Waals surface area contributed by atoms with Gasteiger partial charge in [0.05, 0.1) is 30.0 Å². The zero-order valence-corrected chi connectivity index (χ0v) is 14.3. The van der Waals surface area contributed by atoms with Crippen molar-refractivity contribution < 1.29 is 9.53 Å². The molecular formula is C17H29N3O2. The molecule has 2 rings (SSSR count). The van der Waals surface area contributed by atoms with Crippen LogP contribution in [0.3, 0.4) is 0 Å². The Bertz CT molecular complexity index is 490. The number of carbonyl (C=O) groups excluding carboxylic acids is 1. The lowest BCUT2D eigenvalue weighted by molar-refractivity contribution is -0.00293. The smallest absolute Gasteiger partial charge is 0.254 e. The van der Waals surface area contributed by atoms with Gasteiger partial charge in [-0.25, -0.2) is 0 Å². The minimum atomic E-state index is -0.112. The summed E-state index contributed by atoms with van der Waals surface area (Å²) < 4.78 is 7.71. The average molecular weight is 307 g/mol. The lowest BCUT2D eigenvalue weighted by Crippen LogP contribution is -2.31. The summed E-state index contributed by atoms with van der Waals surface area (Å²) >= 11 is 0. The van der Waals surface area contributed by atoms with Gasteiger partial charge >= 0.3 is 0 Å². The SMILES string of the molecule is C[C@@H]1CCCC[C@@H]1OCCNC(=O)c1cnn(C(C)(C)C)c1. The number of ether oxygens (including phenoxy) is 1. The molecule has 2 atom stereocenters. The minimum absolute atomic E-state index is 0.0872. The molecule has 1 aromatic heterocycles. The second kappa shape index (κ2) is 7.27. The van der Waals surface area contributed by atoms with E-state index in [1.54, 1.807) is 12.4 Å². The van der Waals surface area contributed by atoms with E-state index < -0.39 is 0 Å². The van der Waals surface area contributed by atoms with E-state index in [9.17, 15) is 4.79 Å². The molecule has 5 heteroatoms. The highest BCUT2D eigenvalue weighted by molar-refractivity contribution is 5.93. The van der Waals surface area contributed by atoms with Crippen molar-refractivity contribution in [1.29, 1.82) is 0 Å². The van der Waals surface area contributed by atoms with Gasteiger partial charge in [0.15, 0.2) is 0 Å². The van der Waals surface area contributed by atoms with Crippen LogP contribution in [0.5, 0.6) is 0 Å². The van der Waals surface area contributed by atoms with Crippen LogP contribution in [0.2, 0.25) is 0 Å². The summed E-state index contributed by atoms with van der Waals surface area (Å²) in [5, 5.41) is 7.15. The molecule has 1 aliphatic rings. The van der Waals surface area contributed by atoms with E-state index in [0.29, 0.717) is 30.7 Å². The van der Waals surface area contributed by atoms with Crippen molar-refractivity contribution in [3.63, 3.8) is 0 Å². The Hall–Kier alpha value is -1.36. The van der Waals surface area contributed by atoms with Crippen LogP contribution < -0.4 is 5.32 Å². The summed E-state index contributed by atoms with van der Waals surface area (Å²) in [5.74, 6) is 0.547. The second-order valence-corrected chi connectivity index (χ2v) is 7.27. The number of aromatic nitrogens is 2. The topological polar surface area (TPSA) is 56.1 Å². The number of carbonyl (C=O) groups is 1. The minimum Gasteiger partial charge on any atom is -0.376 e. The molecule has 1 amide bonds. The largest absolute Gasteiger partial charge is 0.376 e. The van der Waals surface area contributed by atoms with E-state index in [4.69, 9.17) is 4.74 Å². The van der Waals surface area contributed by atoms with Crippen LogP contribution in [0.25, 0.3) is 0 Å². The van der Waals surface area contributed by atoms with E-state index in [1.807, 2.05) is 4.68 Å². The van der Waals surface area contributed by atoms with Gasteiger partial charge in [0.1, 0.15) is 0 Å². The van der Waals surface area contributed by atoms with Gasteiger partial charge in [-0.05, 0) is 39.5 Å². The van der Waals surface area contributed by atoms with Gasteiger partial charge in [-0.15, -0.1) is 0 Å². The maximum atomic E-state index is 12.1. The molecule has 1 fully saturated rings. The Labute approximate surface area is 133 Å². The molecule has 0 aromatic carbocycles. The van der Waals surface area contributed by atoms with Crippen molar-refractivity contribution in [2.24, 2.45) is 5.92 Å². The van der Waals surface area contributed by atoms with Gasteiger partial charge in [0, 0.05) is 12.7 Å². The van der Waals surface area contributed by atoms with Crippen LogP contribution in [0, 0.1) is 5.92 Å². The molecule has 124 valence electrons. The Morgan fingerprint density at radius 2 is 2.14 bits per heavy atom. The molecule has 22 heavy (non-hydrogen) atoms. The quantitative estimate of drug-likeness (QED) is 0.851. The number of nitrogens with one attached hydrogen (secondary N) is 1. The molecule has 5 nitrogen and oxygen atoms in total. The van der Waals surface area contributed by atoms with E-state index in [2.05, 4.69) is 38.1 Å². The van der Waals surface area contributed by atoms with Gasteiger partial charge in [0.25, 0.3) is 5.91 Å². The van der Waals surface area contributed by atoms with Crippen LogP contribution in [0.4, 0.5) is 0 Å². The number of amides is 1. The molecular weight excluding hydrogens is 278 g/mol. The summed E-state index contributed by atoms with van der Waals surface area (Å²) in [5.41, 5.74) is 0.486. The highest BCUT2D eigenvalue weighted by Gasteiger charge is 2.21. The Morgan fingerprint density at radius 1 is 1.41 bits per heavy atom. The van der Waals surface area contributed by atoms with Crippen molar-refractivity contribution in [2.75, 3.05) is 13.2 Å². The van der Waals surface area contributed by atoms with Crippen molar-refractivity contribution in [1.82, 2.24) is 15.1 Å². The maximum Gasteiger partial charge on any atom is 0.254 e. The van der Waals surface area contributed by atoms with E-state index in [0.717, 1.165) is 6.42 Å². The first kappa shape index (κ1) is 17.0. The van der Waals surface area contributed by atoms with Gasteiger partial charge in [-0.1, -0.05) is 19.8 Å². The second-order valence-electron chi connectivity index (χ2n) is 7.27. The average Bonchev–Trinajstić information content (AvgIpc) is 2.95. The normalized spacial score (nSPS) is 22.5. The fourth-order valence-electron chi connectivity index (χ4n) is 2.81. The van der Waals surface area contributed by atoms with Gasteiger partial charge in [-0.3, -0.25) is 9.48 Å². The third kappa shape index (κ3) is 4.57. The third-order valence-electron chi connectivity index (χ3n) is 4.28. The van der Waals surface area contributed by atoms with Crippen LogP contribution >= 0.6 is 0 Å². The highest BCUT2D eigenvalue weighted by atomic mass is 16.5. The number of hydrogen-bond donors (Lipinski definition) is 1. The number of nitrogens with zero attached hydrogens (tertiary/aromatic N) is 2. The van der Waals surface area contributed by atoms with Crippen molar-refractivity contribution in [3.8, 4) is 0 Å². The zero-order valence-electron chi connectivity index (χ0n) is 14.3. The van der Waals surface area contributed by atoms with Gasteiger partial charge in [-0.2, -0.15) is 5.10 Å². The summed E-state index contributed by atoms with van der Waals surface area (Å²) in [6.45, 7) is 9.54. The van der Waals surface area contributed by atoms with Crippen molar-refractivity contribution in [3.05, 3.63) is 18.0 Å². The third-order valence-corrected chi connectivity index (χ3v) is 4.28. The molecule has 0 saturated heterocycles. The van der Waals surface area contributed by atoms with E-state index in [1.165, 1.54) is 19.3 Å². The monoisotopic (exact) mass is 307 g/mol. The molecule has 0 unspecified atom stereocenters. The van der Waals surface area contributed by atoms with E-state index in [-0.39, 0.29) is 11.4 Å². The predicted molar refractivity (Wildman–Crippen MR) is 86.9 cm³/mol. The summed E-state index contributed by atoms with van der Waals surface area (Å²) in [6.07, 6.45) is 8.73. The molecule has 0 spiro atoms. The predicted octanol–water partition coefficient (Wildman–Crippen LogP) is 2.96. The summed E-state index contributed by atoms with van der Waals surface area (Å²) in [6, 6.07) is 0. The summed E-state index contributed by atoms with van der Waals surface area (Å²) in [7, 11) is 0. The number of hydrogen-bond acceptors (Lipinski definition) is 3. The van der Waals surface area contributed by atoms with Crippen molar-refractivity contribution >= 4 is 5.91 Å². The fourth-order valence-corrected chi connectivity index (χ4v) is 2.81. The molecule has 0 bridgehead atoms. The van der Waals surface area contributed by atoms with Gasteiger partial charge in [0.2, 0.25) is 0 Å². The highest BCUT2D eigenvalue weighted by Crippen LogP contribution is 2.25. The van der Waals surface area contributed by atoms with Crippen LogP contribution in [-0.2, 0) is 10.3 Å².